The lowest BCUT2D eigenvalue weighted by Gasteiger charge is -2.40. The predicted octanol–water partition coefficient (Wildman–Crippen LogP) is 3.22. The van der Waals surface area contributed by atoms with Gasteiger partial charge in [-0.15, -0.1) is 0 Å². The molecule has 0 aliphatic heterocycles. The average molecular weight is 266 g/mol. The van der Waals surface area contributed by atoms with E-state index in [1.54, 1.807) is 10.8 Å². The Morgan fingerprint density at radius 2 is 1.33 bits per heavy atom. The minimum atomic E-state index is 0.689. The molecule has 0 radical (unpaired) electrons. The van der Waals surface area contributed by atoms with Crippen LogP contribution in [0.2, 0.25) is 0 Å². The van der Waals surface area contributed by atoms with Gasteiger partial charge in [-0.1, -0.05) is 36.5 Å². The van der Waals surface area contributed by atoms with Crippen molar-refractivity contribution in [1.82, 2.24) is 4.90 Å². The Morgan fingerprint density at radius 1 is 0.944 bits per heavy atom. The van der Waals surface area contributed by atoms with E-state index in [9.17, 15) is 0 Å². The molecule has 1 atom stereocenters. The third-order valence-corrected chi connectivity index (χ3v) is 6.14. The lowest BCUT2D eigenvalue weighted by molar-refractivity contribution is 0.107. The van der Waals surface area contributed by atoms with Crippen LogP contribution in [0.4, 0.5) is 0 Å². The Labute approximate surface area is 116 Å². The van der Waals surface area contributed by atoms with Crippen LogP contribution in [0.3, 0.4) is 0 Å². The van der Waals surface area contributed by atoms with Crippen molar-refractivity contribution in [2.45, 2.75) is 90.3 Å². The normalized spacial score (nSPS) is 26.0. The zero-order valence-corrected chi connectivity index (χ0v) is 14.8. The van der Waals surface area contributed by atoms with Gasteiger partial charge in [-0.3, -0.25) is 4.90 Å². The molecule has 2 fully saturated rings. The van der Waals surface area contributed by atoms with Crippen LogP contribution in [-0.2, 0) is 0 Å². The van der Waals surface area contributed by atoms with Gasteiger partial charge in [0.05, 0.1) is 0 Å². The van der Waals surface area contributed by atoms with Crippen LogP contribution in [0, 0.1) is 0 Å². The SMILES string of the molecule is CC([SiH3])=C(C)C(C)N(C1CCCC1)C1CCCC1. The molecule has 2 aliphatic carbocycles. The molecule has 2 rings (SSSR count). The molecule has 104 valence electrons. The van der Waals surface area contributed by atoms with E-state index in [1.807, 2.05) is 0 Å². The van der Waals surface area contributed by atoms with Crippen LogP contribution < -0.4 is 0 Å². The van der Waals surface area contributed by atoms with Gasteiger partial charge in [0.25, 0.3) is 0 Å². The Balaban J connectivity index is 2.15. The topological polar surface area (TPSA) is 3.24 Å². The van der Waals surface area contributed by atoms with Crippen molar-refractivity contribution in [3.05, 3.63) is 10.8 Å². The van der Waals surface area contributed by atoms with Gasteiger partial charge in [-0.2, -0.15) is 0 Å². The van der Waals surface area contributed by atoms with Crippen LogP contribution in [0.25, 0.3) is 0 Å². The molecule has 2 aliphatic rings. The molecule has 0 aromatic rings. The molecule has 0 amide bonds. The predicted molar refractivity (Wildman–Crippen MR) is 84.1 cm³/mol. The van der Waals surface area contributed by atoms with Crippen molar-refractivity contribution in [2.24, 2.45) is 0 Å². The van der Waals surface area contributed by atoms with Crippen molar-refractivity contribution in [2.75, 3.05) is 0 Å². The second-order valence-electron chi connectivity index (χ2n) is 6.68. The lowest BCUT2D eigenvalue weighted by Crippen LogP contribution is -2.47. The molecule has 0 saturated heterocycles. The summed E-state index contributed by atoms with van der Waals surface area (Å²) >= 11 is 0. The van der Waals surface area contributed by atoms with E-state index in [2.05, 4.69) is 25.7 Å². The van der Waals surface area contributed by atoms with Gasteiger partial charge >= 0.3 is 0 Å². The van der Waals surface area contributed by atoms with Gasteiger partial charge in [-0.05, 0) is 46.5 Å². The molecular formula is C16H31NSi. The smallest absolute Gasteiger partial charge is 0.0329 e. The Kier molecular flexibility index (Phi) is 5.08. The molecule has 1 nitrogen and oxygen atoms in total. The third kappa shape index (κ3) is 3.08. The van der Waals surface area contributed by atoms with Crippen molar-refractivity contribution in [3.8, 4) is 0 Å². The molecular weight excluding hydrogens is 234 g/mol. The van der Waals surface area contributed by atoms with Crippen molar-refractivity contribution < 1.29 is 0 Å². The highest BCUT2D eigenvalue weighted by atomic mass is 28.1. The number of hydrogen-bond donors (Lipinski definition) is 0. The summed E-state index contributed by atoms with van der Waals surface area (Å²) in [6.07, 6.45) is 11.7. The average Bonchev–Trinajstić information content (AvgIpc) is 3.00. The molecule has 0 N–H and O–H groups in total. The van der Waals surface area contributed by atoms with E-state index >= 15 is 0 Å². The first-order valence-corrected chi connectivity index (χ1v) is 9.02. The standard InChI is InChI=1S/C16H31NSi/c1-12(14(3)18)13(2)17(15-8-4-5-9-15)16-10-6-7-11-16/h13,15-16H,4-11H2,1-3,18H3. The summed E-state index contributed by atoms with van der Waals surface area (Å²) in [5, 5.41) is 1.66. The molecule has 1 unspecified atom stereocenters. The minimum Gasteiger partial charge on any atom is -0.291 e. The van der Waals surface area contributed by atoms with Crippen LogP contribution in [0.1, 0.15) is 72.1 Å². The summed E-state index contributed by atoms with van der Waals surface area (Å²) in [6, 6.07) is 2.46. The van der Waals surface area contributed by atoms with Crippen LogP contribution in [0.5, 0.6) is 0 Å². The Hall–Kier alpha value is -0.0831. The van der Waals surface area contributed by atoms with E-state index in [4.69, 9.17) is 0 Å². The van der Waals surface area contributed by atoms with Gasteiger partial charge in [0, 0.05) is 28.4 Å². The van der Waals surface area contributed by atoms with E-state index < -0.39 is 0 Å². The Bertz CT molecular complexity index is 278. The zero-order chi connectivity index (χ0) is 13.1. The largest absolute Gasteiger partial charge is 0.291 e. The van der Waals surface area contributed by atoms with Gasteiger partial charge in [0.15, 0.2) is 0 Å². The van der Waals surface area contributed by atoms with Crippen molar-refractivity contribution in [1.29, 1.82) is 0 Å². The monoisotopic (exact) mass is 265 g/mol. The summed E-state index contributed by atoms with van der Waals surface area (Å²) in [5.74, 6) is 0. The fraction of sp³-hybridized carbons (Fsp3) is 0.875. The molecule has 0 aromatic carbocycles. The number of nitrogens with zero attached hydrogens (tertiary/aromatic N) is 1. The summed E-state index contributed by atoms with van der Waals surface area (Å²) in [6.45, 7) is 7.18. The zero-order valence-electron chi connectivity index (χ0n) is 12.8. The molecule has 0 spiro atoms. The second-order valence-corrected chi connectivity index (χ2v) is 8.18. The fourth-order valence-corrected chi connectivity index (χ4v) is 4.39. The second kappa shape index (κ2) is 6.38. The van der Waals surface area contributed by atoms with E-state index in [1.165, 1.54) is 61.6 Å². The molecule has 2 saturated carbocycles. The highest BCUT2D eigenvalue weighted by molar-refractivity contribution is 6.21. The molecule has 2 heteroatoms. The van der Waals surface area contributed by atoms with E-state index in [0.29, 0.717) is 6.04 Å². The molecule has 0 bridgehead atoms. The quantitative estimate of drug-likeness (QED) is 0.706. The van der Waals surface area contributed by atoms with Crippen LogP contribution in [-0.4, -0.2) is 33.3 Å². The van der Waals surface area contributed by atoms with Gasteiger partial charge in [0.1, 0.15) is 0 Å². The van der Waals surface area contributed by atoms with E-state index in [0.717, 1.165) is 12.1 Å². The van der Waals surface area contributed by atoms with Crippen LogP contribution >= 0.6 is 0 Å². The summed E-state index contributed by atoms with van der Waals surface area (Å²) < 4.78 is 0. The molecule has 0 aromatic heterocycles. The number of allylic oxidation sites excluding steroid dienone is 1. The van der Waals surface area contributed by atoms with Gasteiger partial charge in [0.2, 0.25) is 0 Å². The lowest BCUT2D eigenvalue weighted by atomic mass is 10.0. The van der Waals surface area contributed by atoms with Crippen molar-refractivity contribution >= 4 is 10.2 Å². The maximum absolute atomic E-state index is 2.93. The first-order valence-electron chi connectivity index (χ1n) is 8.02. The highest BCUT2D eigenvalue weighted by Gasteiger charge is 2.34. The van der Waals surface area contributed by atoms with Crippen LogP contribution in [0.15, 0.2) is 10.8 Å². The fourth-order valence-electron chi connectivity index (χ4n) is 3.98. The first kappa shape index (κ1) is 14.3. The molecule has 0 heterocycles. The minimum absolute atomic E-state index is 0.689. The third-order valence-electron chi connectivity index (χ3n) is 5.36. The maximum atomic E-state index is 2.93. The molecule has 18 heavy (non-hydrogen) atoms. The number of rotatable bonds is 4. The number of hydrogen-bond acceptors (Lipinski definition) is 1. The summed E-state index contributed by atoms with van der Waals surface area (Å²) in [7, 11) is 1.23. The highest BCUT2D eigenvalue weighted by Crippen LogP contribution is 2.34. The summed E-state index contributed by atoms with van der Waals surface area (Å²) in [5.41, 5.74) is 1.67. The maximum Gasteiger partial charge on any atom is 0.0329 e. The first-order chi connectivity index (χ1) is 8.61. The van der Waals surface area contributed by atoms with E-state index in [-0.39, 0.29) is 0 Å². The van der Waals surface area contributed by atoms with Gasteiger partial charge < -0.3 is 0 Å². The summed E-state index contributed by atoms with van der Waals surface area (Å²) in [4.78, 5) is 2.93. The van der Waals surface area contributed by atoms with Gasteiger partial charge in [-0.25, -0.2) is 0 Å². The van der Waals surface area contributed by atoms with Crippen molar-refractivity contribution in [3.63, 3.8) is 0 Å². The Morgan fingerprint density at radius 3 is 1.67 bits per heavy atom.